The molecule has 7 heteroatoms. The number of carbonyl (C=O) groups excluding carboxylic acids is 3. The van der Waals surface area contributed by atoms with E-state index >= 15 is 0 Å². The molecule has 1 atom stereocenters. The second kappa shape index (κ2) is 6.43. The van der Waals surface area contributed by atoms with E-state index in [0.717, 1.165) is 0 Å². The minimum atomic E-state index is -0.758. The van der Waals surface area contributed by atoms with E-state index in [9.17, 15) is 14.4 Å². The number of nitrogens with one attached hydrogen (secondary N) is 3. The van der Waals surface area contributed by atoms with Gasteiger partial charge < -0.3 is 5.32 Å². The third kappa shape index (κ3) is 3.62. The Morgan fingerprint density at radius 3 is 2.83 bits per heavy atom. The molecule has 3 amide bonds. The smallest absolute Gasteiger partial charge is 0.272 e. The third-order valence-electron chi connectivity index (χ3n) is 2.34. The van der Waals surface area contributed by atoms with Gasteiger partial charge in [-0.2, -0.15) is 5.11 Å². The Bertz CT molecular complexity index is 440. The molecule has 1 aliphatic heterocycles. The molecule has 1 unspecified atom stereocenters. The molecule has 96 valence electrons. The molecule has 7 nitrogen and oxygen atoms in total. The maximum absolute atomic E-state index is 11.7. The normalized spacial score (nSPS) is 20.7. The molecule has 18 heavy (non-hydrogen) atoms. The highest BCUT2D eigenvalue weighted by atomic mass is 16.2. The Labute approximate surface area is 104 Å². The van der Waals surface area contributed by atoms with Gasteiger partial charge in [-0.25, -0.2) is 5.53 Å². The zero-order valence-electron chi connectivity index (χ0n) is 9.90. The van der Waals surface area contributed by atoms with Crippen molar-refractivity contribution >= 4 is 17.7 Å². The molecule has 1 rings (SSSR count). The molecule has 1 saturated heterocycles. The van der Waals surface area contributed by atoms with Crippen LogP contribution >= 0.6 is 0 Å². The van der Waals surface area contributed by atoms with Crippen molar-refractivity contribution in [3.05, 3.63) is 23.9 Å². The second-order valence-corrected chi connectivity index (χ2v) is 3.67. The molecule has 0 aliphatic carbocycles. The molecular formula is C11H14N4O3. The Hall–Kier alpha value is -2.31. The van der Waals surface area contributed by atoms with Gasteiger partial charge in [0.2, 0.25) is 11.8 Å². The predicted molar refractivity (Wildman–Crippen MR) is 62.4 cm³/mol. The van der Waals surface area contributed by atoms with E-state index < -0.39 is 17.9 Å². The number of carbonyl (C=O) groups is 3. The van der Waals surface area contributed by atoms with Crippen molar-refractivity contribution in [2.75, 3.05) is 0 Å². The van der Waals surface area contributed by atoms with Gasteiger partial charge in [0, 0.05) is 6.42 Å². The van der Waals surface area contributed by atoms with Crippen LogP contribution in [0.1, 0.15) is 19.8 Å². The maximum Gasteiger partial charge on any atom is 0.272 e. The number of rotatable bonds is 4. The molecular weight excluding hydrogens is 236 g/mol. The third-order valence-corrected chi connectivity index (χ3v) is 2.34. The molecule has 0 saturated carbocycles. The van der Waals surface area contributed by atoms with Crippen LogP contribution in [0.3, 0.4) is 0 Å². The highest BCUT2D eigenvalue weighted by Crippen LogP contribution is 2.06. The lowest BCUT2D eigenvalue weighted by atomic mass is 10.1. The molecule has 1 heterocycles. The molecule has 0 aromatic heterocycles. The van der Waals surface area contributed by atoms with Crippen LogP contribution in [0.25, 0.3) is 0 Å². The number of piperidine rings is 1. The Morgan fingerprint density at radius 1 is 1.56 bits per heavy atom. The van der Waals surface area contributed by atoms with Crippen molar-refractivity contribution in [1.82, 2.24) is 10.6 Å². The van der Waals surface area contributed by atoms with Gasteiger partial charge in [-0.05, 0) is 19.4 Å². The highest BCUT2D eigenvalue weighted by Gasteiger charge is 2.28. The van der Waals surface area contributed by atoms with Gasteiger partial charge in [0.25, 0.3) is 5.91 Å². The molecule has 0 aromatic carbocycles. The van der Waals surface area contributed by atoms with Gasteiger partial charge in [-0.1, -0.05) is 12.2 Å². The molecule has 0 bridgehead atoms. The van der Waals surface area contributed by atoms with E-state index in [1.165, 1.54) is 6.08 Å². The van der Waals surface area contributed by atoms with E-state index in [2.05, 4.69) is 15.7 Å². The first-order valence-corrected chi connectivity index (χ1v) is 5.43. The number of allylic oxidation sites excluding steroid dienone is 3. The topological polar surface area (TPSA) is 111 Å². The summed E-state index contributed by atoms with van der Waals surface area (Å²) in [5, 5.41) is 7.64. The monoisotopic (exact) mass is 250 g/mol. The number of hydrogen-bond acceptors (Lipinski definition) is 5. The van der Waals surface area contributed by atoms with Crippen LogP contribution < -0.4 is 10.6 Å². The summed E-state index contributed by atoms with van der Waals surface area (Å²) in [6.07, 6.45) is 5.06. The Balaban J connectivity index is 2.66. The van der Waals surface area contributed by atoms with Gasteiger partial charge in [0.05, 0.1) is 0 Å². The number of imide groups is 1. The van der Waals surface area contributed by atoms with E-state index in [4.69, 9.17) is 5.53 Å². The predicted octanol–water partition coefficient (Wildman–Crippen LogP) is 0.399. The van der Waals surface area contributed by atoms with Crippen LogP contribution in [-0.2, 0) is 14.4 Å². The van der Waals surface area contributed by atoms with E-state index in [0.29, 0.717) is 0 Å². The van der Waals surface area contributed by atoms with Crippen LogP contribution in [0.4, 0.5) is 0 Å². The maximum atomic E-state index is 11.7. The molecule has 3 N–H and O–H groups in total. The van der Waals surface area contributed by atoms with Crippen molar-refractivity contribution < 1.29 is 14.4 Å². The quantitative estimate of drug-likeness (QED) is 0.290. The molecule has 1 aliphatic rings. The average Bonchev–Trinajstić information content (AvgIpc) is 2.34. The minimum Gasteiger partial charge on any atom is -0.339 e. The second-order valence-electron chi connectivity index (χ2n) is 3.67. The van der Waals surface area contributed by atoms with Gasteiger partial charge in [0.15, 0.2) is 0 Å². The van der Waals surface area contributed by atoms with Crippen LogP contribution in [0, 0.1) is 5.53 Å². The van der Waals surface area contributed by atoms with Gasteiger partial charge >= 0.3 is 0 Å². The summed E-state index contributed by atoms with van der Waals surface area (Å²) in [5.41, 5.74) is 6.78. The summed E-state index contributed by atoms with van der Waals surface area (Å²) >= 11 is 0. The lowest BCUT2D eigenvalue weighted by molar-refractivity contribution is -0.136. The summed E-state index contributed by atoms with van der Waals surface area (Å²) in [7, 11) is 0. The number of nitrogens with zero attached hydrogens (tertiary/aromatic N) is 1. The fraction of sp³-hybridized carbons (Fsp3) is 0.364. The van der Waals surface area contributed by atoms with Crippen molar-refractivity contribution in [2.24, 2.45) is 5.11 Å². The SMILES string of the molecule is C/C=C\C=C(/N=N)C(=O)NC1CCC(=O)NC1=O. The lowest BCUT2D eigenvalue weighted by Gasteiger charge is -2.21. The fourth-order valence-corrected chi connectivity index (χ4v) is 1.41. The largest absolute Gasteiger partial charge is 0.339 e. The van der Waals surface area contributed by atoms with Crippen LogP contribution in [0.5, 0.6) is 0 Å². The summed E-state index contributed by atoms with van der Waals surface area (Å²) in [4.78, 5) is 34.0. The zero-order valence-corrected chi connectivity index (χ0v) is 9.90. The molecule has 0 spiro atoms. The highest BCUT2D eigenvalue weighted by molar-refractivity contribution is 6.03. The summed E-state index contributed by atoms with van der Waals surface area (Å²) in [6, 6.07) is -0.758. The first-order valence-electron chi connectivity index (χ1n) is 5.43. The minimum absolute atomic E-state index is 0.0993. The van der Waals surface area contributed by atoms with Crippen LogP contribution in [0.15, 0.2) is 29.0 Å². The van der Waals surface area contributed by atoms with Gasteiger partial charge in [-0.15, -0.1) is 0 Å². The van der Waals surface area contributed by atoms with Gasteiger partial charge in [-0.3, -0.25) is 19.7 Å². The Morgan fingerprint density at radius 2 is 2.28 bits per heavy atom. The molecule has 0 aromatic rings. The van der Waals surface area contributed by atoms with E-state index in [1.807, 2.05) is 0 Å². The first-order chi connectivity index (χ1) is 8.58. The van der Waals surface area contributed by atoms with Crippen molar-refractivity contribution in [2.45, 2.75) is 25.8 Å². The van der Waals surface area contributed by atoms with Gasteiger partial charge in [0.1, 0.15) is 11.7 Å². The summed E-state index contributed by atoms with van der Waals surface area (Å²) < 4.78 is 0. The number of hydrogen-bond donors (Lipinski definition) is 3. The standard InChI is InChI=1S/C11H14N4O3/c1-2-3-4-8(15-12)11(18)13-7-5-6-9(16)14-10(7)17/h2-4,7,12H,5-6H2,1H3,(H,13,18)(H,14,16,17)/b3-2-,8-4-,15-12?. The van der Waals surface area contributed by atoms with E-state index in [-0.39, 0.29) is 24.4 Å². The molecule has 1 fully saturated rings. The average molecular weight is 250 g/mol. The van der Waals surface area contributed by atoms with Crippen LogP contribution in [0.2, 0.25) is 0 Å². The summed E-state index contributed by atoms with van der Waals surface area (Å²) in [6.45, 7) is 1.76. The Kier molecular flexibility index (Phi) is 4.91. The van der Waals surface area contributed by atoms with Crippen molar-refractivity contribution in [3.8, 4) is 0 Å². The van der Waals surface area contributed by atoms with E-state index in [1.54, 1.807) is 19.1 Å². The van der Waals surface area contributed by atoms with Crippen molar-refractivity contribution in [1.29, 1.82) is 5.53 Å². The first kappa shape index (κ1) is 13.8. The number of amides is 3. The summed E-state index contributed by atoms with van der Waals surface area (Å²) in [5.74, 6) is -1.49. The van der Waals surface area contributed by atoms with Crippen LogP contribution in [-0.4, -0.2) is 23.8 Å². The lowest BCUT2D eigenvalue weighted by Crippen LogP contribution is -2.52. The molecule has 0 radical (unpaired) electrons. The van der Waals surface area contributed by atoms with Crippen molar-refractivity contribution in [3.63, 3.8) is 0 Å². The zero-order chi connectivity index (χ0) is 13.5. The fourth-order valence-electron chi connectivity index (χ4n) is 1.41.